The van der Waals surface area contributed by atoms with Gasteiger partial charge in [0.1, 0.15) is 11.2 Å². The van der Waals surface area contributed by atoms with Crippen LogP contribution >= 0.6 is 22.6 Å². The van der Waals surface area contributed by atoms with Gasteiger partial charge in [0.25, 0.3) is 0 Å². The second kappa shape index (κ2) is 7.53. The molecule has 146 valence electrons. The van der Waals surface area contributed by atoms with Gasteiger partial charge >= 0.3 is 0 Å². The lowest BCUT2D eigenvalue weighted by Gasteiger charge is -2.34. The molecule has 5 aromatic rings. The largest absolute Gasteiger partial charge is 0.383 e. The van der Waals surface area contributed by atoms with Crippen LogP contribution in [0, 0.1) is 3.57 Å². The number of nitrogen functional groups attached to an aromatic ring is 1. The molecule has 2 heterocycles. The number of aromatic amines is 1. The van der Waals surface area contributed by atoms with Crippen LogP contribution in [-0.2, 0) is 5.41 Å². The number of H-pyrrole nitrogens is 1. The number of rotatable bonds is 4. The predicted molar refractivity (Wildman–Crippen MR) is 127 cm³/mol. The van der Waals surface area contributed by atoms with Gasteiger partial charge in [-0.15, -0.1) is 0 Å². The Kier molecular flexibility index (Phi) is 4.71. The molecule has 0 radical (unpaired) electrons. The lowest BCUT2D eigenvalue weighted by atomic mass is 9.68. The molecule has 6 heteroatoms. The molecule has 0 aliphatic rings. The van der Waals surface area contributed by atoms with Crippen molar-refractivity contribution in [2.24, 2.45) is 0 Å². The van der Waals surface area contributed by atoms with Crippen molar-refractivity contribution in [1.29, 1.82) is 0 Å². The lowest BCUT2D eigenvalue weighted by molar-refractivity contribution is 0.685. The molecular weight excluding hydrogens is 485 g/mol. The second-order valence-electron chi connectivity index (χ2n) is 7.06. The van der Waals surface area contributed by atoms with Crippen molar-refractivity contribution in [3.63, 3.8) is 0 Å². The first kappa shape index (κ1) is 18.7. The van der Waals surface area contributed by atoms with Gasteiger partial charge in [-0.1, -0.05) is 72.8 Å². The SMILES string of the molecule is Nc1nc(C(c2ccccc2)(c2ccccc2)c2cccc(I)c2)nc2[nH]ncc12. The van der Waals surface area contributed by atoms with Gasteiger partial charge in [-0.25, -0.2) is 9.97 Å². The van der Waals surface area contributed by atoms with Crippen LogP contribution in [-0.4, -0.2) is 20.2 Å². The number of nitrogens with one attached hydrogen (secondary N) is 1. The molecule has 2 aromatic heterocycles. The van der Waals surface area contributed by atoms with Crippen LogP contribution < -0.4 is 5.73 Å². The maximum absolute atomic E-state index is 6.35. The molecule has 0 fully saturated rings. The number of hydrogen-bond acceptors (Lipinski definition) is 4. The monoisotopic (exact) mass is 503 g/mol. The van der Waals surface area contributed by atoms with Crippen LogP contribution in [0.1, 0.15) is 22.5 Å². The van der Waals surface area contributed by atoms with Crippen LogP contribution in [0.5, 0.6) is 0 Å². The smallest absolute Gasteiger partial charge is 0.161 e. The fraction of sp³-hybridized carbons (Fsp3) is 0.0417. The van der Waals surface area contributed by atoms with Crippen molar-refractivity contribution >= 4 is 39.4 Å². The number of benzene rings is 3. The van der Waals surface area contributed by atoms with E-state index in [1.54, 1.807) is 6.20 Å². The zero-order valence-corrected chi connectivity index (χ0v) is 18.1. The Labute approximate surface area is 187 Å². The normalized spacial score (nSPS) is 11.6. The van der Waals surface area contributed by atoms with Gasteiger partial charge in [0.2, 0.25) is 0 Å². The third-order valence-electron chi connectivity index (χ3n) is 5.35. The van der Waals surface area contributed by atoms with Crippen molar-refractivity contribution in [3.8, 4) is 0 Å². The van der Waals surface area contributed by atoms with Crippen LogP contribution in [0.25, 0.3) is 11.0 Å². The van der Waals surface area contributed by atoms with Crippen LogP contribution in [0.15, 0.2) is 91.1 Å². The lowest BCUT2D eigenvalue weighted by Crippen LogP contribution is -2.33. The summed E-state index contributed by atoms with van der Waals surface area (Å²) in [5, 5.41) is 7.78. The number of aromatic nitrogens is 4. The molecule has 5 nitrogen and oxygen atoms in total. The number of nitrogens with two attached hydrogens (primary N) is 1. The molecule has 0 amide bonds. The number of anilines is 1. The van der Waals surface area contributed by atoms with Crippen molar-refractivity contribution in [3.05, 3.63) is 117 Å². The summed E-state index contributed by atoms with van der Waals surface area (Å²) in [6.07, 6.45) is 1.66. The Morgan fingerprint density at radius 1 is 0.767 bits per heavy atom. The van der Waals surface area contributed by atoms with Gasteiger partial charge in [0, 0.05) is 3.57 Å². The minimum Gasteiger partial charge on any atom is -0.383 e. The Bertz CT molecular complexity index is 1280. The van der Waals surface area contributed by atoms with E-state index >= 15 is 0 Å². The third kappa shape index (κ3) is 2.95. The number of hydrogen-bond donors (Lipinski definition) is 2. The van der Waals surface area contributed by atoms with E-state index in [0.29, 0.717) is 17.3 Å². The van der Waals surface area contributed by atoms with E-state index in [9.17, 15) is 0 Å². The highest BCUT2D eigenvalue weighted by Gasteiger charge is 2.41. The second-order valence-corrected chi connectivity index (χ2v) is 8.30. The van der Waals surface area contributed by atoms with Gasteiger partial charge in [0.05, 0.1) is 11.6 Å². The fourth-order valence-electron chi connectivity index (χ4n) is 4.01. The van der Waals surface area contributed by atoms with Crippen LogP contribution in [0.2, 0.25) is 0 Å². The summed E-state index contributed by atoms with van der Waals surface area (Å²) in [6, 6.07) is 29.1. The maximum Gasteiger partial charge on any atom is 0.161 e. The molecule has 0 saturated heterocycles. The molecule has 3 aromatic carbocycles. The van der Waals surface area contributed by atoms with E-state index in [2.05, 4.69) is 81.3 Å². The van der Waals surface area contributed by atoms with Crippen molar-refractivity contribution in [2.45, 2.75) is 5.41 Å². The van der Waals surface area contributed by atoms with E-state index in [1.807, 2.05) is 36.4 Å². The van der Waals surface area contributed by atoms with Crippen molar-refractivity contribution in [2.75, 3.05) is 5.73 Å². The molecule has 0 unspecified atom stereocenters. The number of nitrogens with zero attached hydrogens (tertiary/aromatic N) is 3. The standard InChI is InChI=1S/C24H18IN5/c25-19-13-7-12-18(14-19)24(16-8-3-1-4-9-16,17-10-5-2-6-11-17)23-28-21(26)20-15-27-30-22(20)29-23/h1-15H,(H3,26,27,28,29,30). The molecule has 5 rings (SSSR count). The Morgan fingerprint density at radius 3 is 2.03 bits per heavy atom. The summed E-state index contributed by atoms with van der Waals surface area (Å²) in [5.41, 5.74) is 9.44. The van der Waals surface area contributed by atoms with E-state index in [1.165, 1.54) is 0 Å². The molecule has 0 aliphatic heterocycles. The van der Waals surface area contributed by atoms with Gasteiger partial charge in [-0.3, -0.25) is 5.10 Å². The molecule has 0 bridgehead atoms. The summed E-state index contributed by atoms with van der Waals surface area (Å²) in [7, 11) is 0. The number of fused-ring (bicyclic) bond motifs is 1. The average Bonchev–Trinajstić information content (AvgIpc) is 3.26. The van der Waals surface area contributed by atoms with E-state index in [0.717, 1.165) is 25.6 Å². The van der Waals surface area contributed by atoms with Crippen molar-refractivity contribution < 1.29 is 0 Å². The first-order chi connectivity index (χ1) is 14.7. The minimum atomic E-state index is -0.739. The van der Waals surface area contributed by atoms with E-state index in [-0.39, 0.29) is 0 Å². The molecule has 0 atom stereocenters. The molecule has 3 N–H and O–H groups in total. The summed E-state index contributed by atoms with van der Waals surface area (Å²) < 4.78 is 1.14. The molecule has 0 aliphatic carbocycles. The molecule has 30 heavy (non-hydrogen) atoms. The first-order valence-corrected chi connectivity index (χ1v) is 10.6. The zero-order valence-electron chi connectivity index (χ0n) is 16.0. The Balaban J connectivity index is 1.95. The summed E-state index contributed by atoms with van der Waals surface area (Å²) in [5.74, 6) is 1.02. The topological polar surface area (TPSA) is 80.5 Å². The zero-order chi connectivity index (χ0) is 20.6. The van der Waals surface area contributed by atoms with Gasteiger partial charge < -0.3 is 5.73 Å². The number of halogens is 1. The van der Waals surface area contributed by atoms with Gasteiger partial charge in [0.15, 0.2) is 11.5 Å². The highest BCUT2D eigenvalue weighted by atomic mass is 127. The third-order valence-corrected chi connectivity index (χ3v) is 6.02. The average molecular weight is 503 g/mol. The summed E-state index contributed by atoms with van der Waals surface area (Å²) in [4.78, 5) is 9.72. The highest BCUT2D eigenvalue weighted by Crippen LogP contribution is 2.44. The first-order valence-electron chi connectivity index (χ1n) is 9.54. The Morgan fingerprint density at radius 2 is 1.40 bits per heavy atom. The summed E-state index contributed by atoms with van der Waals surface area (Å²) >= 11 is 2.34. The van der Waals surface area contributed by atoms with Crippen molar-refractivity contribution in [1.82, 2.24) is 20.2 Å². The van der Waals surface area contributed by atoms with E-state index < -0.39 is 5.41 Å². The van der Waals surface area contributed by atoms with Gasteiger partial charge in [-0.05, 0) is 51.4 Å². The minimum absolute atomic E-state index is 0.408. The Hall–Kier alpha value is -3.26. The highest BCUT2D eigenvalue weighted by molar-refractivity contribution is 14.1. The predicted octanol–water partition coefficient (Wildman–Crippen LogP) is 4.92. The quantitative estimate of drug-likeness (QED) is 0.270. The summed E-state index contributed by atoms with van der Waals surface area (Å²) in [6.45, 7) is 0. The molecular formula is C24H18IN5. The van der Waals surface area contributed by atoms with E-state index in [4.69, 9.17) is 15.7 Å². The maximum atomic E-state index is 6.35. The molecule has 0 spiro atoms. The van der Waals surface area contributed by atoms with Gasteiger partial charge in [-0.2, -0.15) is 5.10 Å². The molecule has 0 saturated carbocycles. The fourth-order valence-corrected chi connectivity index (χ4v) is 4.55. The van der Waals surface area contributed by atoms with Crippen LogP contribution in [0.4, 0.5) is 5.82 Å². The van der Waals surface area contributed by atoms with Crippen LogP contribution in [0.3, 0.4) is 0 Å².